The van der Waals surface area contributed by atoms with Gasteiger partial charge in [-0.15, -0.1) is 0 Å². The molecule has 0 saturated carbocycles. The van der Waals surface area contributed by atoms with Crippen LogP contribution in [0, 0.1) is 5.82 Å². The Labute approximate surface area is 113 Å². The molecule has 3 rings (SSSR count). The third-order valence-electron chi connectivity index (χ3n) is 2.62. The van der Waals surface area contributed by atoms with E-state index in [1.165, 1.54) is 6.07 Å². The van der Waals surface area contributed by atoms with Crippen LogP contribution in [0.4, 0.5) is 10.1 Å². The van der Waals surface area contributed by atoms with E-state index in [4.69, 9.17) is 31.5 Å². The zero-order valence-electron chi connectivity index (χ0n) is 9.65. The molecule has 2 aromatic carbocycles. The van der Waals surface area contributed by atoms with Gasteiger partial charge in [0.1, 0.15) is 11.6 Å². The molecule has 2 N–H and O–H groups in total. The molecule has 0 unspecified atom stereocenters. The van der Waals surface area contributed by atoms with Crippen LogP contribution in [0.1, 0.15) is 0 Å². The molecule has 1 aliphatic heterocycles. The highest BCUT2D eigenvalue weighted by molar-refractivity contribution is 6.31. The highest BCUT2D eigenvalue weighted by atomic mass is 35.5. The van der Waals surface area contributed by atoms with E-state index in [2.05, 4.69) is 0 Å². The van der Waals surface area contributed by atoms with Crippen molar-refractivity contribution in [3.63, 3.8) is 0 Å². The topological polar surface area (TPSA) is 53.7 Å². The number of halogens is 2. The molecule has 0 aromatic heterocycles. The maximum absolute atomic E-state index is 13.4. The molecule has 0 atom stereocenters. The van der Waals surface area contributed by atoms with Gasteiger partial charge in [-0.25, -0.2) is 4.39 Å². The van der Waals surface area contributed by atoms with Gasteiger partial charge in [0.15, 0.2) is 17.2 Å². The quantitative estimate of drug-likeness (QED) is 0.855. The van der Waals surface area contributed by atoms with E-state index in [0.717, 1.165) is 6.07 Å². The first-order valence-corrected chi connectivity index (χ1v) is 5.83. The molecule has 19 heavy (non-hydrogen) atoms. The minimum absolute atomic E-state index is 0.0458. The molecule has 0 fully saturated rings. The van der Waals surface area contributed by atoms with Crippen LogP contribution in [-0.2, 0) is 0 Å². The molecule has 0 bridgehead atoms. The molecule has 4 nitrogen and oxygen atoms in total. The van der Waals surface area contributed by atoms with Gasteiger partial charge in [0.25, 0.3) is 0 Å². The second-order valence-corrected chi connectivity index (χ2v) is 4.33. The minimum Gasteiger partial charge on any atom is -0.455 e. The predicted octanol–water partition coefficient (Wildman–Crippen LogP) is 3.58. The lowest BCUT2D eigenvalue weighted by atomic mass is 10.2. The summed E-state index contributed by atoms with van der Waals surface area (Å²) in [4.78, 5) is 0. The fraction of sp³-hybridized carbons (Fsp3) is 0.0769. The predicted molar refractivity (Wildman–Crippen MR) is 68.5 cm³/mol. The number of rotatable bonds is 2. The van der Waals surface area contributed by atoms with E-state index in [-0.39, 0.29) is 23.3 Å². The summed E-state index contributed by atoms with van der Waals surface area (Å²) < 4.78 is 29.3. The Morgan fingerprint density at radius 2 is 1.95 bits per heavy atom. The Balaban J connectivity index is 1.91. The SMILES string of the molecule is Nc1cc(Cl)c(F)cc1Oc1ccc2c(c1)OCO2. The maximum atomic E-state index is 13.4. The van der Waals surface area contributed by atoms with Gasteiger partial charge < -0.3 is 19.9 Å². The van der Waals surface area contributed by atoms with E-state index in [9.17, 15) is 4.39 Å². The lowest BCUT2D eigenvalue weighted by Gasteiger charge is -2.09. The van der Waals surface area contributed by atoms with Crippen molar-refractivity contribution in [3.05, 3.63) is 41.2 Å². The summed E-state index contributed by atoms with van der Waals surface area (Å²) in [7, 11) is 0. The van der Waals surface area contributed by atoms with Gasteiger partial charge in [-0.05, 0) is 18.2 Å². The lowest BCUT2D eigenvalue weighted by Crippen LogP contribution is -1.94. The van der Waals surface area contributed by atoms with Crippen LogP contribution in [0.15, 0.2) is 30.3 Å². The smallest absolute Gasteiger partial charge is 0.231 e. The summed E-state index contributed by atoms with van der Waals surface area (Å²) in [6.07, 6.45) is 0. The van der Waals surface area contributed by atoms with Crippen LogP contribution in [0.3, 0.4) is 0 Å². The first-order chi connectivity index (χ1) is 9.13. The fourth-order valence-corrected chi connectivity index (χ4v) is 1.87. The van der Waals surface area contributed by atoms with Crippen molar-refractivity contribution in [2.24, 2.45) is 0 Å². The van der Waals surface area contributed by atoms with Crippen LogP contribution in [0.25, 0.3) is 0 Å². The highest BCUT2D eigenvalue weighted by Gasteiger charge is 2.15. The van der Waals surface area contributed by atoms with Crippen LogP contribution >= 0.6 is 11.6 Å². The van der Waals surface area contributed by atoms with Gasteiger partial charge in [0.05, 0.1) is 10.7 Å². The number of hydrogen-bond acceptors (Lipinski definition) is 4. The van der Waals surface area contributed by atoms with Crippen molar-refractivity contribution in [1.82, 2.24) is 0 Å². The summed E-state index contributed by atoms with van der Waals surface area (Å²) in [5.41, 5.74) is 5.97. The number of hydrogen-bond donors (Lipinski definition) is 1. The number of benzene rings is 2. The molecule has 98 valence electrons. The second kappa shape index (κ2) is 4.51. The van der Waals surface area contributed by atoms with Crippen LogP contribution in [0.5, 0.6) is 23.0 Å². The Morgan fingerprint density at radius 1 is 1.16 bits per heavy atom. The Hall–Kier alpha value is -2.14. The van der Waals surface area contributed by atoms with Crippen LogP contribution in [0.2, 0.25) is 5.02 Å². The minimum atomic E-state index is -0.591. The van der Waals surface area contributed by atoms with Crippen molar-refractivity contribution in [2.45, 2.75) is 0 Å². The molecule has 1 aliphatic rings. The summed E-state index contributed by atoms with van der Waals surface area (Å²) in [6, 6.07) is 7.48. The molecule has 0 saturated heterocycles. The number of nitrogens with two attached hydrogens (primary N) is 1. The Morgan fingerprint density at radius 3 is 2.79 bits per heavy atom. The second-order valence-electron chi connectivity index (χ2n) is 3.92. The van der Waals surface area contributed by atoms with Gasteiger partial charge >= 0.3 is 0 Å². The van der Waals surface area contributed by atoms with E-state index in [1.807, 2.05) is 0 Å². The standard InChI is InChI=1S/C13H9ClFNO3/c14-8-4-10(16)12(5-9(8)15)19-7-1-2-11-13(3-7)18-6-17-11/h1-5H,6,16H2. The van der Waals surface area contributed by atoms with Crippen molar-refractivity contribution >= 4 is 17.3 Å². The van der Waals surface area contributed by atoms with Crippen molar-refractivity contribution in [1.29, 1.82) is 0 Å². The first kappa shape index (κ1) is 11.9. The summed E-state index contributed by atoms with van der Waals surface area (Å²) >= 11 is 5.62. The molecule has 0 radical (unpaired) electrons. The largest absolute Gasteiger partial charge is 0.455 e. The highest BCUT2D eigenvalue weighted by Crippen LogP contribution is 2.38. The van der Waals surface area contributed by atoms with E-state index in [1.54, 1.807) is 18.2 Å². The van der Waals surface area contributed by atoms with E-state index < -0.39 is 5.82 Å². The van der Waals surface area contributed by atoms with Crippen molar-refractivity contribution in [3.8, 4) is 23.0 Å². The molecular formula is C13H9ClFNO3. The van der Waals surface area contributed by atoms with Crippen LogP contribution < -0.4 is 19.9 Å². The van der Waals surface area contributed by atoms with Crippen molar-refractivity contribution < 1.29 is 18.6 Å². The Kier molecular flexibility index (Phi) is 2.83. The lowest BCUT2D eigenvalue weighted by molar-refractivity contribution is 0.174. The third-order valence-corrected chi connectivity index (χ3v) is 2.91. The van der Waals surface area contributed by atoms with Crippen LogP contribution in [-0.4, -0.2) is 6.79 Å². The van der Waals surface area contributed by atoms with Gasteiger partial charge in [-0.2, -0.15) is 0 Å². The molecule has 6 heteroatoms. The first-order valence-electron chi connectivity index (χ1n) is 5.45. The number of fused-ring (bicyclic) bond motifs is 1. The monoisotopic (exact) mass is 281 g/mol. The zero-order chi connectivity index (χ0) is 13.4. The average Bonchev–Trinajstić information content (AvgIpc) is 2.83. The molecule has 2 aromatic rings. The normalized spacial score (nSPS) is 12.5. The summed E-state index contributed by atoms with van der Waals surface area (Å²) in [6.45, 7) is 0.177. The Bertz CT molecular complexity index is 648. The van der Waals surface area contributed by atoms with Gasteiger partial charge in [-0.3, -0.25) is 0 Å². The summed E-state index contributed by atoms with van der Waals surface area (Å²) in [5, 5.41) is -0.0458. The number of nitrogen functional groups attached to an aromatic ring is 1. The molecular weight excluding hydrogens is 273 g/mol. The number of ether oxygens (including phenoxy) is 3. The average molecular weight is 282 g/mol. The van der Waals surface area contributed by atoms with E-state index in [0.29, 0.717) is 17.2 Å². The molecule has 0 spiro atoms. The molecule has 0 amide bonds. The van der Waals surface area contributed by atoms with E-state index >= 15 is 0 Å². The summed E-state index contributed by atoms with van der Waals surface area (Å²) in [5.74, 6) is 1.29. The number of anilines is 1. The van der Waals surface area contributed by atoms with Gasteiger partial charge in [-0.1, -0.05) is 11.6 Å². The van der Waals surface area contributed by atoms with Crippen molar-refractivity contribution in [2.75, 3.05) is 12.5 Å². The maximum Gasteiger partial charge on any atom is 0.231 e. The zero-order valence-corrected chi connectivity index (χ0v) is 10.4. The molecule has 0 aliphatic carbocycles. The fourth-order valence-electron chi connectivity index (χ4n) is 1.70. The third kappa shape index (κ3) is 2.24. The van der Waals surface area contributed by atoms with Gasteiger partial charge in [0, 0.05) is 12.1 Å². The molecule has 1 heterocycles. The van der Waals surface area contributed by atoms with Gasteiger partial charge in [0.2, 0.25) is 6.79 Å².